The van der Waals surface area contributed by atoms with E-state index >= 15 is 0 Å². The molecule has 0 aliphatic heterocycles. The smallest absolute Gasteiger partial charge is 0.233 e. The van der Waals surface area contributed by atoms with E-state index in [-0.39, 0.29) is 23.6 Å². The number of carbonyl (C=O) groups excluding carboxylic acids is 1. The number of benzene rings is 1. The lowest BCUT2D eigenvalue weighted by molar-refractivity contribution is -0.120. The van der Waals surface area contributed by atoms with E-state index in [2.05, 4.69) is 10.6 Å². The van der Waals surface area contributed by atoms with Gasteiger partial charge in [0.15, 0.2) is 0 Å². The van der Waals surface area contributed by atoms with E-state index in [1.807, 2.05) is 37.3 Å². The van der Waals surface area contributed by atoms with Crippen molar-refractivity contribution in [3.05, 3.63) is 30.3 Å². The summed E-state index contributed by atoms with van der Waals surface area (Å²) in [6, 6.07) is 10.0. The van der Waals surface area contributed by atoms with Crippen molar-refractivity contribution in [3.63, 3.8) is 0 Å². The minimum atomic E-state index is -0.0311. The van der Waals surface area contributed by atoms with Gasteiger partial charge in [-0.1, -0.05) is 25.1 Å². The largest absolute Gasteiger partial charge is 0.383 e. The standard InChI is InChI=1S/C15H24N2O2S.ClH/c1-3-14(20-13-7-5-4-6-8-13)15(18)17-10-9-16-11-12-19-2;/h4-8,14,16H,3,9-12H2,1-2H3,(H,17,18);1H. The third kappa shape index (κ3) is 8.98. The number of halogens is 1. The summed E-state index contributed by atoms with van der Waals surface area (Å²) in [4.78, 5) is 13.2. The van der Waals surface area contributed by atoms with Crippen molar-refractivity contribution >= 4 is 30.1 Å². The van der Waals surface area contributed by atoms with Crippen LogP contribution in [0, 0.1) is 0 Å². The van der Waals surface area contributed by atoms with Crippen LogP contribution >= 0.6 is 24.2 Å². The summed E-state index contributed by atoms with van der Waals surface area (Å²) in [5.41, 5.74) is 0. The minimum absolute atomic E-state index is 0. The van der Waals surface area contributed by atoms with Gasteiger partial charge in [0.1, 0.15) is 0 Å². The van der Waals surface area contributed by atoms with Crippen molar-refractivity contribution in [2.75, 3.05) is 33.4 Å². The predicted molar refractivity (Wildman–Crippen MR) is 91.4 cm³/mol. The molecule has 0 saturated carbocycles. The Hall–Kier alpha value is -0.750. The first kappa shape index (κ1) is 20.2. The maximum absolute atomic E-state index is 12.1. The Kier molecular flexibility index (Phi) is 12.5. The average Bonchev–Trinajstić information content (AvgIpc) is 2.49. The molecule has 1 amide bonds. The third-order valence-corrected chi connectivity index (χ3v) is 4.14. The van der Waals surface area contributed by atoms with Gasteiger partial charge < -0.3 is 15.4 Å². The SMILES string of the molecule is CCC(Sc1ccccc1)C(=O)NCCNCCOC.Cl. The quantitative estimate of drug-likeness (QED) is 0.510. The number of hydrogen-bond acceptors (Lipinski definition) is 4. The highest BCUT2D eigenvalue weighted by Gasteiger charge is 2.16. The summed E-state index contributed by atoms with van der Waals surface area (Å²) < 4.78 is 4.94. The lowest BCUT2D eigenvalue weighted by Gasteiger charge is -2.14. The first-order valence-electron chi connectivity index (χ1n) is 6.97. The molecule has 4 nitrogen and oxygen atoms in total. The number of ether oxygens (including phenoxy) is 1. The Labute approximate surface area is 137 Å². The van der Waals surface area contributed by atoms with Crippen LogP contribution in [0.1, 0.15) is 13.3 Å². The van der Waals surface area contributed by atoms with Crippen molar-refractivity contribution < 1.29 is 9.53 Å². The molecule has 0 aromatic heterocycles. The highest BCUT2D eigenvalue weighted by atomic mass is 35.5. The second-order valence-electron chi connectivity index (χ2n) is 4.36. The van der Waals surface area contributed by atoms with E-state index in [0.717, 1.165) is 24.4 Å². The van der Waals surface area contributed by atoms with E-state index < -0.39 is 0 Å². The first-order valence-corrected chi connectivity index (χ1v) is 7.85. The lowest BCUT2D eigenvalue weighted by Crippen LogP contribution is -2.37. The predicted octanol–water partition coefficient (Wildman–Crippen LogP) is 2.33. The van der Waals surface area contributed by atoms with Gasteiger partial charge in [0.2, 0.25) is 5.91 Å². The highest BCUT2D eigenvalue weighted by molar-refractivity contribution is 8.00. The molecule has 1 rings (SSSR count). The molecule has 120 valence electrons. The van der Waals surface area contributed by atoms with E-state index in [9.17, 15) is 4.79 Å². The molecule has 1 unspecified atom stereocenters. The average molecular weight is 333 g/mol. The second kappa shape index (κ2) is 13.0. The van der Waals surface area contributed by atoms with Crippen molar-refractivity contribution in [1.82, 2.24) is 10.6 Å². The Morgan fingerprint density at radius 3 is 2.57 bits per heavy atom. The van der Waals surface area contributed by atoms with Crippen molar-refractivity contribution in [2.24, 2.45) is 0 Å². The second-order valence-corrected chi connectivity index (χ2v) is 5.64. The van der Waals surface area contributed by atoms with Crippen LogP contribution in [0.25, 0.3) is 0 Å². The minimum Gasteiger partial charge on any atom is -0.383 e. The number of carbonyl (C=O) groups is 1. The van der Waals surface area contributed by atoms with Gasteiger partial charge in [-0.15, -0.1) is 24.2 Å². The van der Waals surface area contributed by atoms with Crippen LogP contribution < -0.4 is 10.6 Å². The molecule has 0 radical (unpaired) electrons. The zero-order chi connectivity index (χ0) is 14.6. The van der Waals surface area contributed by atoms with Crippen LogP contribution in [0.4, 0.5) is 0 Å². The van der Waals surface area contributed by atoms with Crippen molar-refractivity contribution in [3.8, 4) is 0 Å². The van der Waals surface area contributed by atoms with Crippen LogP contribution in [-0.4, -0.2) is 44.5 Å². The van der Waals surface area contributed by atoms with Gasteiger partial charge in [-0.2, -0.15) is 0 Å². The fraction of sp³-hybridized carbons (Fsp3) is 0.533. The van der Waals surface area contributed by atoms with Crippen molar-refractivity contribution in [1.29, 1.82) is 0 Å². The number of hydrogen-bond donors (Lipinski definition) is 2. The number of nitrogens with one attached hydrogen (secondary N) is 2. The van der Waals surface area contributed by atoms with Crippen LogP contribution in [0.5, 0.6) is 0 Å². The third-order valence-electron chi connectivity index (χ3n) is 2.77. The Bertz CT molecular complexity index is 379. The molecule has 0 bridgehead atoms. The normalized spacial score (nSPS) is 11.5. The summed E-state index contributed by atoms with van der Waals surface area (Å²) in [6.45, 7) is 4.95. The zero-order valence-corrected chi connectivity index (χ0v) is 14.3. The molecule has 1 aromatic carbocycles. The molecule has 1 aromatic rings. The molecular weight excluding hydrogens is 308 g/mol. The Morgan fingerprint density at radius 2 is 1.95 bits per heavy atom. The molecule has 0 heterocycles. The monoisotopic (exact) mass is 332 g/mol. The number of methoxy groups -OCH3 is 1. The summed E-state index contributed by atoms with van der Waals surface area (Å²) in [5, 5.41) is 6.14. The van der Waals surface area contributed by atoms with Gasteiger partial charge in [-0.3, -0.25) is 4.79 Å². The van der Waals surface area contributed by atoms with E-state index in [0.29, 0.717) is 13.2 Å². The molecule has 0 aliphatic carbocycles. The van der Waals surface area contributed by atoms with Crippen LogP contribution in [0.2, 0.25) is 0 Å². The molecule has 6 heteroatoms. The van der Waals surface area contributed by atoms with Gasteiger partial charge in [0, 0.05) is 31.6 Å². The van der Waals surface area contributed by atoms with Gasteiger partial charge in [-0.05, 0) is 18.6 Å². The summed E-state index contributed by atoms with van der Waals surface area (Å²) in [6.07, 6.45) is 0.822. The molecular formula is C15H25ClN2O2S. The van der Waals surface area contributed by atoms with Crippen LogP contribution in [0.3, 0.4) is 0 Å². The van der Waals surface area contributed by atoms with Gasteiger partial charge in [0.25, 0.3) is 0 Å². The maximum atomic E-state index is 12.1. The molecule has 0 fully saturated rings. The van der Waals surface area contributed by atoms with E-state index in [4.69, 9.17) is 4.74 Å². The van der Waals surface area contributed by atoms with Crippen LogP contribution in [-0.2, 0) is 9.53 Å². The number of thioether (sulfide) groups is 1. The number of amides is 1. The fourth-order valence-corrected chi connectivity index (χ4v) is 2.67. The van der Waals surface area contributed by atoms with E-state index in [1.165, 1.54) is 0 Å². The molecule has 2 N–H and O–H groups in total. The summed E-state index contributed by atoms with van der Waals surface area (Å²) >= 11 is 1.62. The molecule has 1 atom stereocenters. The zero-order valence-electron chi connectivity index (χ0n) is 12.6. The molecule has 0 aliphatic rings. The molecule has 21 heavy (non-hydrogen) atoms. The summed E-state index contributed by atoms with van der Waals surface area (Å²) in [7, 11) is 1.68. The maximum Gasteiger partial charge on any atom is 0.233 e. The topological polar surface area (TPSA) is 50.4 Å². The highest BCUT2D eigenvalue weighted by Crippen LogP contribution is 2.24. The van der Waals surface area contributed by atoms with E-state index in [1.54, 1.807) is 18.9 Å². The van der Waals surface area contributed by atoms with Crippen LogP contribution in [0.15, 0.2) is 35.2 Å². The van der Waals surface area contributed by atoms with Gasteiger partial charge in [-0.25, -0.2) is 0 Å². The molecule has 0 saturated heterocycles. The Balaban J connectivity index is 0.00000400. The Morgan fingerprint density at radius 1 is 1.24 bits per heavy atom. The summed E-state index contributed by atoms with van der Waals surface area (Å²) in [5.74, 6) is 0.106. The number of rotatable bonds is 10. The lowest BCUT2D eigenvalue weighted by atomic mass is 10.3. The first-order chi connectivity index (χ1) is 9.77. The van der Waals surface area contributed by atoms with Gasteiger partial charge in [0.05, 0.1) is 11.9 Å². The molecule has 0 spiro atoms. The van der Waals surface area contributed by atoms with Crippen molar-refractivity contribution in [2.45, 2.75) is 23.5 Å². The fourth-order valence-electron chi connectivity index (χ4n) is 1.67. The van der Waals surface area contributed by atoms with Gasteiger partial charge >= 0.3 is 0 Å².